The number of piperidine rings is 1. The van der Waals surface area contributed by atoms with E-state index in [1.807, 2.05) is 29.3 Å². The van der Waals surface area contributed by atoms with Crippen LogP contribution in [0.1, 0.15) is 47.8 Å². The third-order valence-electron chi connectivity index (χ3n) is 6.65. The van der Waals surface area contributed by atoms with Crippen molar-refractivity contribution >= 4 is 11.7 Å². The van der Waals surface area contributed by atoms with Crippen molar-refractivity contribution in [3.63, 3.8) is 0 Å². The lowest BCUT2D eigenvalue weighted by Gasteiger charge is -2.34. The Morgan fingerprint density at radius 3 is 2.79 bits per heavy atom. The van der Waals surface area contributed by atoms with E-state index in [1.54, 1.807) is 10.9 Å². The van der Waals surface area contributed by atoms with Gasteiger partial charge in [0.15, 0.2) is 0 Å². The van der Waals surface area contributed by atoms with Crippen molar-refractivity contribution < 1.29 is 9.18 Å². The summed E-state index contributed by atoms with van der Waals surface area (Å²) in [4.78, 5) is 27.0. The van der Waals surface area contributed by atoms with Gasteiger partial charge < -0.3 is 9.80 Å². The Kier molecular flexibility index (Phi) is 6.07. The van der Waals surface area contributed by atoms with E-state index in [-0.39, 0.29) is 24.2 Å². The summed E-state index contributed by atoms with van der Waals surface area (Å²) < 4.78 is 15.0. The van der Waals surface area contributed by atoms with Crippen LogP contribution in [0.25, 0.3) is 0 Å². The molecule has 4 heterocycles. The third-order valence-corrected chi connectivity index (χ3v) is 6.65. The van der Waals surface area contributed by atoms with Gasteiger partial charge in [-0.25, -0.2) is 14.4 Å². The average molecular weight is 449 g/mol. The van der Waals surface area contributed by atoms with E-state index >= 15 is 0 Å². The number of hydrogen-bond donors (Lipinski definition) is 0. The molecule has 0 aliphatic carbocycles. The molecule has 0 N–H and O–H groups in total. The first-order chi connectivity index (χ1) is 16.1. The standard InChI is InChI=1S/C25H29FN6O/c1-18-22-6-3-13-31(15-19-7-9-21(26)10-8-19)25(22)29-24(28-18)20-5-2-12-30(16-20)23(33)17-32-14-4-11-27-32/h4,7-11,14,20H,2-3,5-6,12-13,15-17H2,1H3/t20-/m0/s1. The molecule has 0 spiro atoms. The fourth-order valence-electron chi connectivity index (χ4n) is 4.90. The minimum absolute atomic E-state index is 0.0796. The summed E-state index contributed by atoms with van der Waals surface area (Å²) in [6.07, 6.45) is 7.44. The highest BCUT2D eigenvalue weighted by Gasteiger charge is 2.29. The van der Waals surface area contributed by atoms with Crippen LogP contribution in [-0.2, 0) is 24.3 Å². The summed E-state index contributed by atoms with van der Waals surface area (Å²) in [6, 6.07) is 8.51. The molecule has 0 unspecified atom stereocenters. The van der Waals surface area contributed by atoms with Crippen LogP contribution in [0.4, 0.5) is 10.2 Å². The van der Waals surface area contributed by atoms with Gasteiger partial charge in [-0.05, 0) is 56.4 Å². The van der Waals surface area contributed by atoms with Gasteiger partial charge in [-0.3, -0.25) is 9.48 Å². The number of aromatic nitrogens is 4. The fraction of sp³-hybridized carbons (Fsp3) is 0.440. The number of benzene rings is 1. The van der Waals surface area contributed by atoms with Crippen molar-refractivity contribution in [2.75, 3.05) is 24.5 Å². The van der Waals surface area contributed by atoms with Gasteiger partial charge in [0.25, 0.3) is 0 Å². The first-order valence-electron chi connectivity index (χ1n) is 11.7. The predicted octanol–water partition coefficient (Wildman–Crippen LogP) is 3.48. The smallest absolute Gasteiger partial charge is 0.244 e. The highest BCUT2D eigenvalue weighted by atomic mass is 19.1. The van der Waals surface area contributed by atoms with E-state index in [0.717, 1.165) is 61.7 Å². The zero-order chi connectivity index (χ0) is 22.8. The van der Waals surface area contributed by atoms with Crippen LogP contribution in [0, 0.1) is 12.7 Å². The number of nitrogens with zero attached hydrogens (tertiary/aromatic N) is 6. The number of carbonyl (C=O) groups excluding carboxylic acids is 1. The molecule has 1 atom stereocenters. The number of fused-ring (bicyclic) bond motifs is 1. The molecule has 0 saturated carbocycles. The number of hydrogen-bond acceptors (Lipinski definition) is 5. The molecule has 0 bridgehead atoms. The Balaban J connectivity index is 1.36. The summed E-state index contributed by atoms with van der Waals surface area (Å²) in [5, 5.41) is 4.15. The second-order valence-electron chi connectivity index (χ2n) is 9.00. The molecule has 1 amide bonds. The van der Waals surface area contributed by atoms with Crippen LogP contribution in [0.2, 0.25) is 0 Å². The first kappa shape index (κ1) is 21.6. The van der Waals surface area contributed by atoms with Crippen molar-refractivity contribution in [2.24, 2.45) is 0 Å². The molecule has 8 heteroatoms. The molecule has 2 aliphatic heterocycles. The maximum absolute atomic E-state index is 13.3. The second-order valence-corrected chi connectivity index (χ2v) is 9.00. The Bertz CT molecular complexity index is 1110. The van der Waals surface area contributed by atoms with Crippen LogP contribution < -0.4 is 4.90 Å². The Labute approximate surface area is 193 Å². The van der Waals surface area contributed by atoms with Crippen LogP contribution in [0.5, 0.6) is 0 Å². The largest absolute Gasteiger partial charge is 0.352 e. The van der Waals surface area contributed by atoms with Crippen LogP contribution >= 0.6 is 0 Å². The molecule has 1 aromatic carbocycles. The zero-order valence-corrected chi connectivity index (χ0v) is 19.0. The van der Waals surface area contributed by atoms with Crippen LogP contribution in [0.15, 0.2) is 42.7 Å². The number of likely N-dealkylation sites (tertiary alicyclic amines) is 1. The Morgan fingerprint density at radius 1 is 1.15 bits per heavy atom. The normalized spacial score (nSPS) is 18.3. The highest BCUT2D eigenvalue weighted by molar-refractivity contribution is 5.76. The molecule has 0 radical (unpaired) electrons. The lowest BCUT2D eigenvalue weighted by Crippen LogP contribution is -2.41. The lowest BCUT2D eigenvalue weighted by molar-refractivity contribution is -0.133. The molecular formula is C25H29FN6O. The summed E-state index contributed by atoms with van der Waals surface area (Å²) in [5.74, 6) is 1.80. The summed E-state index contributed by atoms with van der Waals surface area (Å²) in [7, 11) is 0. The summed E-state index contributed by atoms with van der Waals surface area (Å²) in [6.45, 7) is 5.33. The summed E-state index contributed by atoms with van der Waals surface area (Å²) in [5.41, 5.74) is 3.29. The van der Waals surface area contributed by atoms with E-state index in [9.17, 15) is 9.18 Å². The number of halogens is 1. The van der Waals surface area contributed by atoms with E-state index in [2.05, 4.69) is 16.9 Å². The number of anilines is 1. The van der Waals surface area contributed by atoms with Crippen LogP contribution in [-0.4, -0.2) is 50.2 Å². The maximum Gasteiger partial charge on any atom is 0.244 e. The van der Waals surface area contributed by atoms with Gasteiger partial charge in [0, 0.05) is 55.7 Å². The molecule has 5 rings (SSSR count). The van der Waals surface area contributed by atoms with Gasteiger partial charge in [-0.2, -0.15) is 5.10 Å². The first-order valence-corrected chi connectivity index (χ1v) is 11.7. The zero-order valence-electron chi connectivity index (χ0n) is 19.0. The Morgan fingerprint density at radius 2 is 2.00 bits per heavy atom. The van der Waals surface area contributed by atoms with E-state index in [1.165, 1.54) is 17.7 Å². The average Bonchev–Trinajstić information content (AvgIpc) is 3.34. The SMILES string of the molecule is Cc1nc([C@H]2CCCN(C(=O)Cn3cccn3)C2)nc2c1CCCN2Cc1ccc(F)cc1. The third kappa shape index (κ3) is 4.74. The monoisotopic (exact) mass is 448 g/mol. The van der Waals surface area contributed by atoms with E-state index in [0.29, 0.717) is 13.1 Å². The number of rotatable bonds is 5. The molecule has 1 saturated heterocycles. The molecular weight excluding hydrogens is 419 g/mol. The summed E-state index contributed by atoms with van der Waals surface area (Å²) >= 11 is 0. The van der Waals surface area contributed by atoms with Gasteiger partial charge in [-0.1, -0.05) is 12.1 Å². The van der Waals surface area contributed by atoms with Crippen molar-refractivity contribution in [2.45, 2.75) is 51.6 Å². The van der Waals surface area contributed by atoms with Crippen LogP contribution in [0.3, 0.4) is 0 Å². The highest BCUT2D eigenvalue weighted by Crippen LogP contribution is 2.32. The number of amides is 1. The minimum Gasteiger partial charge on any atom is -0.352 e. The van der Waals surface area contributed by atoms with Crippen molar-refractivity contribution in [3.05, 3.63) is 71.2 Å². The Hall–Kier alpha value is -3.29. The van der Waals surface area contributed by atoms with Crippen molar-refractivity contribution in [1.82, 2.24) is 24.6 Å². The molecule has 3 aromatic rings. The second kappa shape index (κ2) is 9.29. The molecule has 172 valence electrons. The molecule has 7 nitrogen and oxygen atoms in total. The molecule has 1 fully saturated rings. The fourth-order valence-corrected chi connectivity index (χ4v) is 4.90. The van der Waals surface area contributed by atoms with Gasteiger partial charge >= 0.3 is 0 Å². The molecule has 2 aromatic heterocycles. The maximum atomic E-state index is 13.3. The van der Waals surface area contributed by atoms with Gasteiger partial charge in [-0.15, -0.1) is 0 Å². The molecule has 2 aliphatic rings. The van der Waals surface area contributed by atoms with Gasteiger partial charge in [0.1, 0.15) is 24.0 Å². The lowest BCUT2D eigenvalue weighted by atomic mass is 9.96. The quantitative estimate of drug-likeness (QED) is 0.598. The van der Waals surface area contributed by atoms with Gasteiger partial charge in [0.2, 0.25) is 5.91 Å². The predicted molar refractivity (Wildman–Crippen MR) is 123 cm³/mol. The topological polar surface area (TPSA) is 67.2 Å². The number of aryl methyl sites for hydroxylation is 1. The van der Waals surface area contributed by atoms with Crippen molar-refractivity contribution in [3.8, 4) is 0 Å². The van der Waals surface area contributed by atoms with E-state index in [4.69, 9.17) is 9.97 Å². The van der Waals surface area contributed by atoms with E-state index < -0.39 is 0 Å². The minimum atomic E-state index is -0.220. The number of carbonyl (C=O) groups is 1. The molecule has 33 heavy (non-hydrogen) atoms. The van der Waals surface area contributed by atoms with Gasteiger partial charge in [0.05, 0.1) is 0 Å². The van der Waals surface area contributed by atoms with Crippen molar-refractivity contribution in [1.29, 1.82) is 0 Å².